The number of nitrogens with two attached hydrogens (primary N) is 1. The van der Waals surface area contributed by atoms with E-state index in [0.29, 0.717) is 11.3 Å². The Morgan fingerprint density at radius 1 is 1.41 bits per heavy atom. The molecule has 1 unspecified atom stereocenters. The molecule has 0 saturated carbocycles. The van der Waals surface area contributed by atoms with Gasteiger partial charge in [-0.1, -0.05) is 6.07 Å². The molecule has 0 aliphatic heterocycles. The highest BCUT2D eigenvalue weighted by Crippen LogP contribution is 2.32. The zero-order valence-corrected chi connectivity index (χ0v) is 10.6. The quantitative estimate of drug-likeness (QED) is 0.908. The van der Waals surface area contributed by atoms with Crippen LogP contribution in [0.2, 0.25) is 0 Å². The Balaban J connectivity index is 2.46. The number of ether oxygens (including phenoxy) is 1. The molecule has 0 spiro atoms. The fourth-order valence-corrected chi connectivity index (χ4v) is 2.53. The fourth-order valence-electron chi connectivity index (χ4n) is 1.79. The van der Waals surface area contributed by atoms with Crippen LogP contribution in [0.15, 0.2) is 29.6 Å². The van der Waals surface area contributed by atoms with Gasteiger partial charge in [0.25, 0.3) is 0 Å². The fraction of sp³-hybridized carbons (Fsp3) is 0.231. The standard InChI is InChI=1S/C13H14FNOS/c1-8-6-9(7-17-8)13(15)12-10(14)4-3-5-11(12)16-2/h3-7,13H,15H2,1-2H3. The Hall–Kier alpha value is -1.39. The Morgan fingerprint density at radius 2 is 2.18 bits per heavy atom. The molecule has 0 amide bonds. The second-order valence-electron chi connectivity index (χ2n) is 3.82. The maximum absolute atomic E-state index is 13.8. The second-order valence-corrected chi connectivity index (χ2v) is 4.94. The zero-order chi connectivity index (χ0) is 12.4. The average molecular weight is 251 g/mol. The van der Waals surface area contributed by atoms with Crippen molar-refractivity contribution in [1.82, 2.24) is 0 Å². The van der Waals surface area contributed by atoms with Gasteiger partial charge in [0.2, 0.25) is 0 Å². The minimum absolute atomic E-state index is 0.333. The van der Waals surface area contributed by atoms with Crippen molar-refractivity contribution in [2.75, 3.05) is 7.11 Å². The molecular weight excluding hydrogens is 237 g/mol. The van der Waals surface area contributed by atoms with E-state index in [0.717, 1.165) is 10.4 Å². The third-order valence-electron chi connectivity index (χ3n) is 2.65. The highest BCUT2D eigenvalue weighted by atomic mass is 32.1. The van der Waals surface area contributed by atoms with Crippen LogP contribution in [0.4, 0.5) is 4.39 Å². The molecule has 2 aromatic rings. The van der Waals surface area contributed by atoms with Gasteiger partial charge in [0.15, 0.2) is 0 Å². The third kappa shape index (κ3) is 2.33. The molecule has 0 aliphatic rings. The molecule has 2 nitrogen and oxygen atoms in total. The summed E-state index contributed by atoms with van der Waals surface area (Å²) in [7, 11) is 1.52. The van der Waals surface area contributed by atoms with Crippen LogP contribution in [0.5, 0.6) is 5.75 Å². The van der Waals surface area contributed by atoms with E-state index in [1.54, 1.807) is 23.5 Å². The van der Waals surface area contributed by atoms with Crippen molar-refractivity contribution in [3.63, 3.8) is 0 Å². The van der Waals surface area contributed by atoms with Crippen LogP contribution in [-0.2, 0) is 0 Å². The summed E-state index contributed by atoms with van der Waals surface area (Å²) in [6, 6.07) is 6.22. The van der Waals surface area contributed by atoms with Crippen molar-refractivity contribution in [2.45, 2.75) is 13.0 Å². The molecule has 17 heavy (non-hydrogen) atoms. The van der Waals surface area contributed by atoms with E-state index in [1.165, 1.54) is 13.2 Å². The minimum Gasteiger partial charge on any atom is -0.496 e. The predicted molar refractivity (Wildman–Crippen MR) is 68.0 cm³/mol. The Labute approximate surface area is 104 Å². The van der Waals surface area contributed by atoms with Gasteiger partial charge in [-0.25, -0.2) is 4.39 Å². The molecule has 1 atom stereocenters. The number of hydrogen-bond donors (Lipinski definition) is 1. The zero-order valence-electron chi connectivity index (χ0n) is 9.74. The number of aryl methyl sites for hydroxylation is 1. The van der Waals surface area contributed by atoms with Crippen LogP contribution in [0.3, 0.4) is 0 Å². The van der Waals surface area contributed by atoms with E-state index in [2.05, 4.69) is 0 Å². The SMILES string of the molecule is COc1cccc(F)c1C(N)c1csc(C)c1. The number of methoxy groups -OCH3 is 1. The van der Waals surface area contributed by atoms with E-state index < -0.39 is 6.04 Å². The van der Waals surface area contributed by atoms with Gasteiger partial charge in [0.1, 0.15) is 11.6 Å². The Morgan fingerprint density at radius 3 is 2.76 bits per heavy atom. The number of hydrogen-bond acceptors (Lipinski definition) is 3. The lowest BCUT2D eigenvalue weighted by molar-refractivity contribution is 0.402. The third-order valence-corrected chi connectivity index (χ3v) is 3.53. The summed E-state index contributed by atoms with van der Waals surface area (Å²) in [6.45, 7) is 2.00. The summed E-state index contributed by atoms with van der Waals surface area (Å²) >= 11 is 1.60. The maximum Gasteiger partial charge on any atom is 0.132 e. The molecule has 2 N–H and O–H groups in total. The van der Waals surface area contributed by atoms with Gasteiger partial charge in [-0.05, 0) is 36.1 Å². The molecule has 1 aromatic heterocycles. The molecule has 2 rings (SSSR count). The number of benzene rings is 1. The van der Waals surface area contributed by atoms with E-state index in [9.17, 15) is 4.39 Å². The number of halogens is 1. The smallest absolute Gasteiger partial charge is 0.132 e. The monoisotopic (exact) mass is 251 g/mol. The molecule has 1 aromatic carbocycles. The van der Waals surface area contributed by atoms with E-state index in [4.69, 9.17) is 10.5 Å². The molecule has 0 aliphatic carbocycles. The van der Waals surface area contributed by atoms with Crippen molar-refractivity contribution >= 4 is 11.3 Å². The molecule has 0 saturated heterocycles. The minimum atomic E-state index is -0.490. The first-order chi connectivity index (χ1) is 8.13. The average Bonchev–Trinajstić information content (AvgIpc) is 2.74. The Bertz CT molecular complexity index is 524. The molecule has 0 bridgehead atoms. The van der Waals surface area contributed by atoms with E-state index >= 15 is 0 Å². The van der Waals surface area contributed by atoms with Crippen molar-refractivity contribution in [1.29, 1.82) is 0 Å². The van der Waals surface area contributed by atoms with Crippen molar-refractivity contribution < 1.29 is 9.13 Å². The van der Waals surface area contributed by atoms with Crippen molar-refractivity contribution in [3.05, 3.63) is 51.5 Å². The molecule has 0 radical (unpaired) electrons. The van der Waals surface area contributed by atoms with Crippen molar-refractivity contribution in [2.24, 2.45) is 5.73 Å². The summed E-state index contributed by atoms with van der Waals surface area (Å²) in [5, 5.41) is 1.95. The first-order valence-electron chi connectivity index (χ1n) is 5.26. The molecule has 90 valence electrons. The highest BCUT2D eigenvalue weighted by molar-refractivity contribution is 7.10. The summed E-state index contributed by atoms with van der Waals surface area (Å²) < 4.78 is 19.0. The van der Waals surface area contributed by atoms with Crippen LogP contribution in [0, 0.1) is 12.7 Å². The first kappa shape index (κ1) is 12.1. The number of rotatable bonds is 3. The van der Waals surface area contributed by atoms with Gasteiger partial charge in [-0.15, -0.1) is 11.3 Å². The lowest BCUT2D eigenvalue weighted by atomic mass is 10.0. The molecule has 4 heteroatoms. The van der Waals surface area contributed by atoms with Crippen LogP contribution in [0.1, 0.15) is 22.0 Å². The first-order valence-corrected chi connectivity index (χ1v) is 6.14. The van der Waals surface area contributed by atoms with Gasteiger partial charge in [0, 0.05) is 4.88 Å². The van der Waals surface area contributed by atoms with Crippen LogP contribution < -0.4 is 10.5 Å². The normalized spacial score (nSPS) is 12.5. The highest BCUT2D eigenvalue weighted by Gasteiger charge is 2.19. The maximum atomic E-state index is 13.8. The summed E-state index contributed by atoms with van der Waals surface area (Å²) in [4.78, 5) is 1.16. The topological polar surface area (TPSA) is 35.2 Å². The van der Waals surface area contributed by atoms with Gasteiger partial charge >= 0.3 is 0 Å². The molecule has 0 fully saturated rings. The van der Waals surface area contributed by atoms with Gasteiger partial charge in [-0.3, -0.25) is 0 Å². The summed E-state index contributed by atoms with van der Waals surface area (Å²) in [6.07, 6.45) is 0. The lowest BCUT2D eigenvalue weighted by Gasteiger charge is -2.15. The van der Waals surface area contributed by atoms with Gasteiger partial charge < -0.3 is 10.5 Å². The van der Waals surface area contributed by atoms with Crippen LogP contribution in [-0.4, -0.2) is 7.11 Å². The van der Waals surface area contributed by atoms with Crippen LogP contribution in [0.25, 0.3) is 0 Å². The van der Waals surface area contributed by atoms with Gasteiger partial charge in [0.05, 0.1) is 18.7 Å². The van der Waals surface area contributed by atoms with Gasteiger partial charge in [-0.2, -0.15) is 0 Å². The molecular formula is C13H14FNOS. The summed E-state index contributed by atoms with van der Waals surface area (Å²) in [5.41, 5.74) is 7.42. The van der Waals surface area contributed by atoms with E-state index in [-0.39, 0.29) is 5.82 Å². The molecule has 1 heterocycles. The van der Waals surface area contributed by atoms with Crippen molar-refractivity contribution in [3.8, 4) is 5.75 Å². The Kier molecular flexibility index (Phi) is 3.45. The van der Waals surface area contributed by atoms with E-state index in [1.807, 2.05) is 18.4 Å². The lowest BCUT2D eigenvalue weighted by Crippen LogP contribution is -2.14. The largest absolute Gasteiger partial charge is 0.496 e. The van der Waals surface area contributed by atoms with Crippen LogP contribution >= 0.6 is 11.3 Å². The predicted octanol–water partition coefficient (Wildman–Crippen LogP) is 3.25. The summed E-state index contributed by atoms with van der Waals surface area (Å²) in [5.74, 6) is 0.155. The second kappa shape index (κ2) is 4.85. The number of thiophene rings is 1.